The third-order valence-corrected chi connectivity index (χ3v) is 4.02. The van der Waals surface area contributed by atoms with Crippen molar-refractivity contribution < 1.29 is 4.92 Å². The van der Waals surface area contributed by atoms with E-state index in [0.717, 1.165) is 28.7 Å². The van der Waals surface area contributed by atoms with Gasteiger partial charge in [0.15, 0.2) is 0 Å². The number of nitro groups is 1. The van der Waals surface area contributed by atoms with Gasteiger partial charge in [0.25, 0.3) is 5.69 Å². The van der Waals surface area contributed by atoms with Crippen molar-refractivity contribution >= 4 is 33.7 Å². The molecule has 1 aliphatic heterocycles. The Morgan fingerprint density at radius 3 is 2.89 bits per heavy atom. The Morgan fingerprint density at radius 2 is 2.21 bits per heavy atom. The molecule has 0 radical (unpaired) electrons. The number of hydrogen-bond donors (Lipinski definition) is 1. The molecule has 2 aromatic rings. The molecule has 3 rings (SSSR count). The normalized spacial score (nSPS) is 17.3. The van der Waals surface area contributed by atoms with Crippen LogP contribution in [0.5, 0.6) is 0 Å². The van der Waals surface area contributed by atoms with Crippen molar-refractivity contribution in [1.29, 1.82) is 0 Å². The molecular weight excluding hydrogens is 264 g/mol. The second kappa shape index (κ2) is 4.38. The lowest BCUT2D eigenvalue weighted by Gasteiger charge is -2.10. The molecule has 0 saturated heterocycles. The summed E-state index contributed by atoms with van der Waals surface area (Å²) in [6.45, 7) is 2.68. The lowest BCUT2D eigenvalue weighted by molar-refractivity contribution is -0.383. The first-order valence-electron chi connectivity index (χ1n) is 6.13. The van der Waals surface area contributed by atoms with Crippen LogP contribution in [0.3, 0.4) is 0 Å². The highest BCUT2D eigenvalue weighted by Gasteiger charge is 2.28. The van der Waals surface area contributed by atoms with E-state index in [0.29, 0.717) is 11.3 Å². The van der Waals surface area contributed by atoms with Gasteiger partial charge in [0.2, 0.25) is 0 Å². The van der Waals surface area contributed by atoms with Crippen molar-refractivity contribution in [3.63, 3.8) is 0 Å². The molecule has 1 aliphatic rings. The molecule has 0 amide bonds. The van der Waals surface area contributed by atoms with Crippen molar-refractivity contribution in [2.75, 3.05) is 17.7 Å². The maximum Gasteiger partial charge on any atom is 0.279 e. The molecule has 0 bridgehead atoms. The summed E-state index contributed by atoms with van der Waals surface area (Å²) in [6.07, 6.45) is 0. The van der Waals surface area contributed by atoms with Gasteiger partial charge in [-0.1, -0.05) is 17.7 Å². The van der Waals surface area contributed by atoms with Crippen LogP contribution in [-0.4, -0.2) is 17.3 Å². The Kier molecular flexibility index (Phi) is 2.82. The number of rotatable bonds is 2. The summed E-state index contributed by atoms with van der Waals surface area (Å²) in [5.74, 6) is 0.725. The molecule has 1 atom stereocenters. The van der Waals surface area contributed by atoms with E-state index in [2.05, 4.69) is 5.32 Å². The van der Waals surface area contributed by atoms with E-state index >= 15 is 0 Å². The van der Waals surface area contributed by atoms with Crippen molar-refractivity contribution in [1.82, 2.24) is 0 Å². The molecule has 1 heterocycles. The Bertz CT molecular complexity index is 685. The van der Waals surface area contributed by atoms with Gasteiger partial charge in [-0.25, -0.2) is 0 Å². The van der Waals surface area contributed by atoms with Crippen LogP contribution >= 0.6 is 11.6 Å². The molecule has 98 valence electrons. The van der Waals surface area contributed by atoms with Crippen LogP contribution < -0.4 is 5.32 Å². The van der Waals surface area contributed by atoms with Crippen LogP contribution in [0.2, 0.25) is 0 Å². The fourth-order valence-corrected chi connectivity index (χ4v) is 3.01. The maximum absolute atomic E-state index is 11.2. The predicted octanol–water partition coefficient (Wildman–Crippen LogP) is 3.80. The van der Waals surface area contributed by atoms with E-state index in [1.807, 2.05) is 25.1 Å². The van der Waals surface area contributed by atoms with Crippen LogP contribution in [0.4, 0.5) is 11.4 Å². The van der Waals surface area contributed by atoms with Gasteiger partial charge in [-0.3, -0.25) is 10.1 Å². The van der Waals surface area contributed by atoms with Gasteiger partial charge in [-0.2, -0.15) is 0 Å². The Balaban J connectivity index is 2.39. The van der Waals surface area contributed by atoms with E-state index in [-0.39, 0.29) is 16.5 Å². The molecule has 4 nitrogen and oxygen atoms in total. The molecule has 1 N–H and O–H groups in total. The fourth-order valence-electron chi connectivity index (χ4n) is 2.75. The van der Waals surface area contributed by atoms with Crippen LogP contribution in [0.25, 0.3) is 10.8 Å². The van der Waals surface area contributed by atoms with Crippen molar-refractivity contribution in [2.45, 2.75) is 12.8 Å². The van der Waals surface area contributed by atoms with E-state index < -0.39 is 0 Å². The van der Waals surface area contributed by atoms with Crippen LogP contribution in [0.15, 0.2) is 24.3 Å². The third kappa shape index (κ3) is 1.83. The number of anilines is 1. The quantitative estimate of drug-likeness (QED) is 0.516. The van der Waals surface area contributed by atoms with Crippen LogP contribution in [0.1, 0.15) is 17.0 Å². The number of nitrogens with one attached hydrogen (secondary N) is 1. The van der Waals surface area contributed by atoms with Gasteiger partial charge in [-0.05, 0) is 23.9 Å². The largest absolute Gasteiger partial charge is 0.384 e. The van der Waals surface area contributed by atoms with Gasteiger partial charge < -0.3 is 5.32 Å². The minimum Gasteiger partial charge on any atom is -0.384 e. The number of nitrogens with zero attached hydrogens (tertiary/aromatic N) is 1. The summed E-state index contributed by atoms with van der Waals surface area (Å²) in [4.78, 5) is 10.9. The smallest absolute Gasteiger partial charge is 0.279 e. The first-order valence-corrected chi connectivity index (χ1v) is 6.66. The molecule has 0 saturated carbocycles. The molecule has 1 unspecified atom stereocenters. The second-order valence-corrected chi connectivity index (χ2v) is 5.20. The number of non-ortho nitro benzene ring substituents is 1. The average Bonchev–Trinajstić information content (AvgIpc) is 2.80. The third-order valence-electron chi connectivity index (χ3n) is 3.64. The van der Waals surface area contributed by atoms with Crippen molar-refractivity contribution in [3.8, 4) is 0 Å². The summed E-state index contributed by atoms with van der Waals surface area (Å²) in [7, 11) is 0. The fraction of sp³-hybridized carbons (Fsp3) is 0.286. The topological polar surface area (TPSA) is 55.2 Å². The standard InChI is InChI=1S/C14H13ClN2O2/c1-8-2-3-10-11(4-8)13(17(18)19)5-12-14(10)9(6-15)7-16-12/h2-5,9,16H,6-7H2,1H3. The number of hydrogen-bond acceptors (Lipinski definition) is 3. The first kappa shape index (κ1) is 12.2. The van der Waals surface area contributed by atoms with Gasteiger partial charge in [0.1, 0.15) is 0 Å². The molecule has 0 aromatic heterocycles. The zero-order valence-corrected chi connectivity index (χ0v) is 11.2. The van der Waals surface area contributed by atoms with Gasteiger partial charge in [0.05, 0.1) is 10.3 Å². The second-order valence-electron chi connectivity index (χ2n) is 4.90. The van der Waals surface area contributed by atoms with Crippen molar-refractivity contribution in [3.05, 3.63) is 45.5 Å². The van der Waals surface area contributed by atoms with E-state index in [1.54, 1.807) is 6.07 Å². The molecule has 0 fully saturated rings. The van der Waals surface area contributed by atoms with E-state index in [9.17, 15) is 10.1 Å². The SMILES string of the molecule is Cc1ccc2c3c(cc([N+](=O)[O-])c2c1)NCC3CCl. The van der Waals surface area contributed by atoms with Gasteiger partial charge in [0, 0.05) is 30.1 Å². The van der Waals surface area contributed by atoms with Crippen LogP contribution in [0, 0.1) is 17.0 Å². The molecule has 0 spiro atoms. The summed E-state index contributed by atoms with van der Waals surface area (Å²) < 4.78 is 0. The summed E-state index contributed by atoms with van der Waals surface area (Å²) in [5.41, 5.74) is 3.12. The first-order chi connectivity index (χ1) is 9.11. The van der Waals surface area contributed by atoms with E-state index in [4.69, 9.17) is 11.6 Å². The van der Waals surface area contributed by atoms with E-state index in [1.165, 1.54) is 0 Å². The summed E-state index contributed by atoms with van der Waals surface area (Å²) >= 11 is 6.00. The highest BCUT2D eigenvalue weighted by molar-refractivity contribution is 6.18. The number of aryl methyl sites for hydroxylation is 1. The molecular formula is C14H13ClN2O2. The predicted molar refractivity (Wildman–Crippen MR) is 77.3 cm³/mol. The molecule has 5 heteroatoms. The Labute approximate surface area is 115 Å². The molecule has 0 aliphatic carbocycles. The summed E-state index contributed by atoms with van der Waals surface area (Å²) in [6, 6.07) is 7.44. The van der Waals surface area contributed by atoms with Crippen LogP contribution in [-0.2, 0) is 0 Å². The lowest BCUT2D eigenvalue weighted by atomic mass is 9.94. The number of benzene rings is 2. The number of nitro benzene ring substituents is 1. The van der Waals surface area contributed by atoms with Gasteiger partial charge in [-0.15, -0.1) is 11.6 Å². The Morgan fingerprint density at radius 1 is 1.42 bits per heavy atom. The number of alkyl halides is 1. The van der Waals surface area contributed by atoms with Crippen molar-refractivity contribution in [2.24, 2.45) is 0 Å². The Hall–Kier alpha value is -1.81. The lowest BCUT2D eigenvalue weighted by Crippen LogP contribution is -2.03. The van der Waals surface area contributed by atoms with Gasteiger partial charge >= 0.3 is 0 Å². The summed E-state index contributed by atoms with van der Waals surface area (Å²) in [5, 5.41) is 16.1. The monoisotopic (exact) mass is 276 g/mol. The maximum atomic E-state index is 11.2. The highest BCUT2D eigenvalue weighted by atomic mass is 35.5. The molecule has 2 aromatic carbocycles. The number of fused-ring (bicyclic) bond motifs is 3. The number of halogens is 1. The minimum atomic E-state index is -0.322. The zero-order valence-electron chi connectivity index (χ0n) is 10.4. The highest BCUT2D eigenvalue weighted by Crippen LogP contribution is 2.42. The zero-order chi connectivity index (χ0) is 13.6. The molecule has 19 heavy (non-hydrogen) atoms. The average molecular weight is 277 g/mol. The minimum absolute atomic E-state index is 0.153.